The maximum Gasteiger partial charge on any atom is 0.141 e. The minimum Gasteiger partial charge on any atom is -0.238 e. The van der Waals surface area contributed by atoms with Gasteiger partial charge in [0.15, 0.2) is 0 Å². The van der Waals surface area contributed by atoms with Crippen molar-refractivity contribution in [3.8, 4) is 0 Å². The Hall–Kier alpha value is -0.600. The highest BCUT2D eigenvalue weighted by Crippen LogP contribution is 2.25. The SMILES string of the molecule is C=C(Cl)c1c(C)nc(C)nc1Cl. The Labute approximate surface area is 81.2 Å². The van der Waals surface area contributed by atoms with Crippen molar-refractivity contribution in [1.29, 1.82) is 0 Å². The average molecular weight is 203 g/mol. The first-order chi connectivity index (χ1) is 5.52. The van der Waals surface area contributed by atoms with Crippen LogP contribution in [0.2, 0.25) is 5.15 Å². The van der Waals surface area contributed by atoms with Gasteiger partial charge in [-0.2, -0.15) is 0 Å². The van der Waals surface area contributed by atoms with Crippen LogP contribution >= 0.6 is 23.2 Å². The Balaban J connectivity index is 3.38. The number of hydrogen-bond donors (Lipinski definition) is 0. The molecule has 0 bridgehead atoms. The van der Waals surface area contributed by atoms with Crippen LogP contribution in [0, 0.1) is 13.8 Å². The molecule has 0 amide bonds. The molecule has 2 nitrogen and oxygen atoms in total. The molecule has 1 heterocycles. The van der Waals surface area contributed by atoms with E-state index in [1.165, 1.54) is 0 Å². The van der Waals surface area contributed by atoms with E-state index in [2.05, 4.69) is 16.5 Å². The van der Waals surface area contributed by atoms with E-state index in [4.69, 9.17) is 23.2 Å². The summed E-state index contributed by atoms with van der Waals surface area (Å²) in [5.41, 5.74) is 1.39. The molecule has 0 aliphatic rings. The normalized spacial score (nSPS) is 10.0. The fraction of sp³-hybridized carbons (Fsp3) is 0.250. The summed E-state index contributed by atoms with van der Waals surface area (Å²) in [6.45, 7) is 7.18. The van der Waals surface area contributed by atoms with Gasteiger partial charge in [0.2, 0.25) is 0 Å². The molecule has 0 spiro atoms. The second-order valence-electron chi connectivity index (χ2n) is 2.43. The van der Waals surface area contributed by atoms with Crippen molar-refractivity contribution in [1.82, 2.24) is 9.97 Å². The van der Waals surface area contributed by atoms with E-state index in [1.807, 2.05) is 6.92 Å². The van der Waals surface area contributed by atoms with Gasteiger partial charge < -0.3 is 0 Å². The lowest BCUT2D eigenvalue weighted by Gasteiger charge is -2.04. The molecule has 12 heavy (non-hydrogen) atoms. The number of aryl methyl sites for hydroxylation is 2. The Kier molecular flexibility index (Phi) is 2.70. The molecular weight excluding hydrogens is 195 g/mol. The Morgan fingerprint density at radius 2 is 1.92 bits per heavy atom. The third-order valence-electron chi connectivity index (χ3n) is 1.43. The number of halogens is 2. The van der Waals surface area contributed by atoms with Crippen LogP contribution in [0.4, 0.5) is 0 Å². The van der Waals surface area contributed by atoms with E-state index < -0.39 is 0 Å². The molecule has 0 radical (unpaired) electrons. The first kappa shape index (κ1) is 9.49. The molecule has 0 unspecified atom stereocenters. The molecule has 1 aromatic rings. The quantitative estimate of drug-likeness (QED) is 0.655. The molecule has 1 rings (SSSR count). The zero-order valence-corrected chi connectivity index (χ0v) is 8.37. The standard InChI is InChI=1S/C8H8Cl2N2/c1-4(9)7-5(2)11-6(3)12-8(7)10/h1H2,2-3H3. The zero-order valence-electron chi connectivity index (χ0n) is 6.86. The fourth-order valence-corrected chi connectivity index (χ4v) is 1.63. The van der Waals surface area contributed by atoms with Crippen LogP contribution in [-0.2, 0) is 0 Å². The van der Waals surface area contributed by atoms with Crippen LogP contribution in [0.3, 0.4) is 0 Å². The number of nitrogens with zero attached hydrogens (tertiary/aromatic N) is 2. The minimum atomic E-state index is 0.361. The predicted molar refractivity (Wildman–Crippen MR) is 51.4 cm³/mol. The van der Waals surface area contributed by atoms with Gasteiger partial charge in [0.1, 0.15) is 11.0 Å². The Bertz CT molecular complexity index is 311. The smallest absolute Gasteiger partial charge is 0.141 e. The molecule has 64 valence electrons. The summed E-state index contributed by atoms with van der Waals surface area (Å²) in [6.07, 6.45) is 0. The molecule has 0 fully saturated rings. The van der Waals surface area contributed by atoms with Crippen LogP contribution in [0.15, 0.2) is 6.58 Å². The van der Waals surface area contributed by atoms with Gasteiger partial charge in [-0.3, -0.25) is 0 Å². The first-order valence-corrected chi connectivity index (χ1v) is 4.13. The lowest BCUT2D eigenvalue weighted by molar-refractivity contribution is 1.00. The van der Waals surface area contributed by atoms with Gasteiger partial charge in [-0.1, -0.05) is 29.8 Å². The molecule has 0 saturated carbocycles. The molecule has 0 aliphatic carbocycles. The summed E-state index contributed by atoms with van der Waals surface area (Å²) in [4.78, 5) is 8.08. The van der Waals surface area contributed by atoms with Gasteiger partial charge in [0.25, 0.3) is 0 Å². The van der Waals surface area contributed by atoms with Gasteiger partial charge in [0.05, 0.1) is 11.3 Å². The van der Waals surface area contributed by atoms with Crippen LogP contribution in [-0.4, -0.2) is 9.97 Å². The highest BCUT2D eigenvalue weighted by molar-refractivity contribution is 6.50. The van der Waals surface area contributed by atoms with Crippen LogP contribution in [0.1, 0.15) is 17.1 Å². The molecule has 0 atom stereocenters. The minimum absolute atomic E-state index is 0.361. The number of rotatable bonds is 1. The second kappa shape index (κ2) is 3.42. The van der Waals surface area contributed by atoms with Crippen molar-refractivity contribution in [2.75, 3.05) is 0 Å². The van der Waals surface area contributed by atoms with Gasteiger partial charge in [-0.05, 0) is 13.8 Å². The summed E-state index contributed by atoms with van der Waals surface area (Å²) in [5, 5.41) is 0.734. The van der Waals surface area contributed by atoms with E-state index in [1.54, 1.807) is 6.92 Å². The maximum absolute atomic E-state index is 5.83. The largest absolute Gasteiger partial charge is 0.238 e. The lowest BCUT2D eigenvalue weighted by Crippen LogP contribution is -1.96. The molecule has 1 aromatic heterocycles. The van der Waals surface area contributed by atoms with E-state index in [-0.39, 0.29) is 0 Å². The van der Waals surface area contributed by atoms with Crippen LogP contribution in [0.25, 0.3) is 5.03 Å². The number of aromatic nitrogens is 2. The zero-order chi connectivity index (χ0) is 9.30. The molecule has 0 N–H and O–H groups in total. The molecule has 0 aliphatic heterocycles. The maximum atomic E-state index is 5.83. The van der Waals surface area contributed by atoms with Crippen LogP contribution in [0.5, 0.6) is 0 Å². The van der Waals surface area contributed by atoms with E-state index >= 15 is 0 Å². The summed E-state index contributed by atoms with van der Waals surface area (Å²) in [5.74, 6) is 0.638. The van der Waals surface area contributed by atoms with E-state index in [0.29, 0.717) is 21.6 Å². The van der Waals surface area contributed by atoms with Gasteiger partial charge >= 0.3 is 0 Å². The summed E-state index contributed by atoms with van der Waals surface area (Å²) in [7, 11) is 0. The van der Waals surface area contributed by atoms with Crippen molar-refractivity contribution in [3.63, 3.8) is 0 Å². The molecule has 4 heteroatoms. The third kappa shape index (κ3) is 1.76. The topological polar surface area (TPSA) is 25.8 Å². The average Bonchev–Trinajstić information content (AvgIpc) is 1.82. The van der Waals surface area contributed by atoms with Crippen molar-refractivity contribution in [3.05, 3.63) is 28.8 Å². The summed E-state index contributed by atoms with van der Waals surface area (Å²) in [6, 6.07) is 0. The van der Waals surface area contributed by atoms with Crippen molar-refractivity contribution < 1.29 is 0 Å². The van der Waals surface area contributed by atoms with Crippen molar-refractivity contribution in [2.45, 2.75) is 13.8 Å². The van der Waals surface area contributed by atoms with Gasteiger partial charge in [0, 0.05) is 5.03 Å². The monoisotopic (exact) mass is 202 g/mol. The van der Waals surface area contributed by atoms with E-state index in [0.717, 1.165) is 5.69 Å². The second-order valence-corrected chi connectivity index (χ2v) is 3.24. The van der Waals surface area contributed by atoms with Crippen molar-refractivity contribution in [2.24, 2.45) is 0 Å². The highest BCUT2D eigenvalue weighted by atomic mass is 35.5. The number of hydrogen-bond acceptors (Lipinski definition) is 2. The lowest BCUT2D eigenvalue weighted by atomic mass is 10.2. The highest BCUT2D eigenvalue weighted by Gasteiger charge is 2.09. The molecular formula is C8H8Cl2N2. The first-order valence-electron chi connectivity index (χ1n) is 3.38. The Morgan fingerprint density at radius 1 is 1.33 bits per heavy atom. The molecule has 0 aromatic carbocycles. The third-order valence-corrected chi connectivity index (χ3v) is 1.89. The fourth-order valence-electron chi connectivity index (χ4n) is 0.979. The Morgan fingerprint density at radius 3 is 2.33 bits per heavy atom. The predicted octanol–water partition coefficient (Wildman–Crippen LogP) is 2.96. The summed E-state index contributed by atoms with van der Waals surface area (Å²) >= 11 is 11.5. The van der Waals surface area contributed by atoms with Crippen LogP contribution < -0.4 is 0 Å². The van der Waals surface area contributed by atoms with Gasteiger partial charge in [-0.25, -0.2) is 9.97 Å². The van der Waals surface area contributed by atoms with Gasteiger partial charge in [-0.15, -0.1) is 0 Å². The summed E-state index contributed by atoms with van der Waals surface area (Å²) < 4.78 is 0. The van der Waals surface area contributed by atoms with E-state index in [9.17, 15) is 0 Å². The van der Waals surface area contributed by atoms with Crippen molar-refractivity contribution >= 4 is 28.2 Å². The molecule has 0 saturated heterocycles.